The molecule has 0 spiro atoms. The largest absolute Gasteiger partial charge is 0.481 e. The van der Waals surface area contributed by atoms with Crippen molar-refractivity contribution in [3.63, 3.8) is 0 Å². The van der Waals surface area contributed by atoms with Crippen LogP contribution in [0.4, 0.5) is 0 Å². The molecule has 1 aromatic rings. The number of carboxylic acids is 1. The van der Waals surface area contributed by atoms with Crippen molar-refractivity contribution in [1.82, 2.24) is 10.3 Å². The summed E-state index contributed by atoms with van der Waals surface area (Å²) in [6, 6.07) is 0. The summed E-state index contributed by atoms with van der Waals surface area (Å²) >= 11 is 1.46. The SMILES string of the molecule is CC(C)(C)c1nc(C(=O)NC2(C)CCCCC2C(=O)O)cs1. The number of nitrogens with one attached hydrogen (secondary N) is 1. The Morgan fingerprint density at radius 1 is 1.41 bits per heavy atom. The summed E-state index contributed by atoms with van der Waals surface area (Å²) in [5.41, 5.74) is -0.417. The number of carbonyl (C=O) groups excluding carboxylic acids is 1. The molecule has 5 nitrogen and oxygen atoms in total. The lowest BCUT2D eigenvalue weighted by Crippen LogP contribution is -2.55. The molecule has 2 N–H and O–H groups in total. The van der Waals surface area contributed by atoms with E-state index in [1.165, 1.54) is 11.3 Å². The first-order valence-corrected chi connectivity index (χ1v) is 8.53. The first-order valence-electron chi connectivity index (χ1n) is 7.65. The Balaban J connectivity index is 2.16. The van der Waals surface area contributed by atoms with E-state index in [0.29, 0.717) is 18.5 Å². The fourth-order valence-electron chi connectivity index (χ4n) is 2.93. The summed E-state index contributed by atoms with van der Waals surface area (Å²) in [7, 11) is 0. The van der Waals surface area contributed by atoms with Crippen molar-refractivity contribution >= 4 is 23.2 Å². The Morgan fingerprint density at radius 3 is 2.64 bits per heavy atom. The predicted octanol–water partition coefficient (Wildman–Crippen LogP) is 3.20. The molecular weight excluding hydrogens is 300 g/mol. The second-order valence-electron chi connectivity index (χ2n) is 7.30. The smallest absolute Gasteiger partial charge is 0.308 e. The van der Waals surface area contributed by atoms with Gasteiger partial charge in [-0.05, 0) is 19.8 Å². The highest BCUT2D eigenvalue weighted by Gasteiger charge is 2.42. The molecule has 1 saturated carbocycles. The number of amides is 1. The standard InChI is InChI=1S/C16H24N2O3S/c1-15(2,3)14-17-11(9-22-14)12(19)18-16(4)8-6-5-7-10(16)13(20)21/h9-10H,5-8H2,1-4H3,(H,18,19)(H,20,21). The number of nitrogens with zero attached hydrogens (tertiary/aromatic N) is 1. The number of thiazole rings is 1. The summed E-state index contributed by atoms with van der Waals surface area (Å²) < 4.78 is 0. The number of hydrogen-bond acceptors (Lipinski definition) is 4. The van der Waals surface area contributed by atoms with Crippen LogP contribution in [0.1, 0.15) is 68.9 Å². The van der Waals surface area contributed by atoms with Gasteiger partial charge >= 0.3 is 5.97 Å². The van der Waals surface area contributed by atoms with Gasteiger partial charge in [-0.15, -0.1) is 11.3 Å². The molecule has 1 aliphatic carbocycles. The third-order valence-corrected chi connectivity index (χ3v) is 5.55. The molecule has 1 amide bonds. The van der Waals surface area contributed by atoms with Gasteiger partial charge in [-0.1, -0.05) is 33.6 Å². The maximum Gasteiger partial charge on any atom is 0.308 e. The van der Waals surface area contributed by atoms with Gasteiger partial charge in [0, 0.05) is 10.8 Å². The molecule has 0 radical (unpaired) electrons. The Hall–Kier alpha value is -1.43. The molecule has 2 rings (SSSR count). The van der Waals surface area contributed by atoms with Crippen LogP contribution in [0.2, 0.25) is 0 Å². The maximum atomic E-state index is 12.5. The summed E-state index contributed by atoms with van der Waals surface area (Å²) in [6.45, 7) is 7.99. The summed E-state index contributed by atoms with van der Waals surface area (Å²) in [5.74, 6) is -1.65. The van der Waals surface area contributed by atoms with Crippen LogP contribution in [0.5, 0.6) is 0 Å². The van der Waals surface area contributed by atoms with Crippen LogP contribution in [0.15, 0.2) is 5.38 Å². The van der Waals surface area contributed by atoms with E-state index < -0.39 is 17.4 Å². The van der Waals surface area contributed by atoms with Crippen molar-refractivity contribution in [2.75, 3.05) is 0 Å². The normalized spacial score (nSPS) is 25.7. The lowest BCUT2D eigenvalue weighted by atomic mass is 9.74. The molecule has 1 heterocycles. The quantitative estimate of drug-likeness (QED) is 0.895. The van der Waals surface area contributed by atoms with Crippen molar-refractivity contribution in [2.24, 2.45) is 5.92 Å². The Labute approximate surface area is 135 Å². The van der Waals surface area contributed by atoms with Crippen molar-refractivity contribution in [2.45, 2.75) is 64.3 Å². The molecule has 0 bridgehead atoms. The van der Waals surface area contributed by atoms with Crippen LogP contribution in [0, 0.1) is 5.92 Å². The minimum Gasteiger partial charge on any atom is -0.481 e. The average Bonchev–Trinajstić information content (AvgIpc) is 2.87. The highest BCUT2D eigenvalue weighted by molar-refractivity contribution is 7.10. The predicted molar refractivity (Wildman–Crippen MR) is 86.3 cm³/mol. The van der Waals surface area contributed by atoms with Crippen molar-refractivity contribution in [3.05, 3.63) is 16.1 Å². The molecule has 6 heteroatoms. The van der Waals surface area contributed by atoms with Gasteiger partial charge in [-0.3, -0.25) is 9.59 Å². The highest BCUT2D eigenvalue weighted by Crippen LogP contribution is 2.34. The van der Waals surface area contributed by atoms with E-state index in [-0.39, 0.29) is 11.3 Å². The number of carboxylic acid groups (broad SMARTS) is 1. The Morgan fingerprint density at radius 2 is 2.09 bits per heavy atom. The van der Waals surface area contributed by atoms with E-state index in [2.05, 4.69) is 31.1 Å². The summed E-state index contributed by atoms with van der Waals surface area (Å²) in [6.07, 6.45) is 3.13. The van der Waals surface area contributed by atoms with E-state index in [9.17, 15) is 14.7 Å². The third kappa shape index (κ3) is 3.48. The van der Waals surface area contributed by atoms with Gasteiger partial charge < -0.3 is 10.4 Å². The van der Waals surface area contributed by atoms with Crippen molar-refractivity contribution in [3.8, 4) is 0 Å². The van der Waals surface area contributed by atoms with Gasteiger partial charge in [-0.2, -0.15) is 0 Å². The fourth-order valence-corrected chi connectivity index (χ4v) is 3.81. The first-order chi connectivity index (χ1) is 10.1. The first kappa shape index (κ1) is 16.9. The lowest BCUT2D eigenvalue weighted by molar-refractivity contribution is -0.145. The number of aliphatic carboxylic acids is 1. The van der Waals surface area contributed by atoms with Crippen molar-refractivity contribution < 1.29 is 14.7 Å². The van der Waals surface area contributed by atoms with Crippen LogP contribution in [-0.2, 0) is 10.2 Å². The van der Waals surface area contributed by atoms with Gasteiger partial charge in [-0.25, -0.2) is 4.98 Å². The van der Waals surface area contributed by atoms with Crippen molar-refractivity contribution in [1.29, 1.82) is 0 Å². The van der Waals surface area contributed by atoms with E-state index >= 15 is 0 Å². The van der Waals surface area contributed by atoms with Crippen LogP contribution in [-0.4, -0.2) is 27.5 Å². The Bertz CT molecular complexity index is 576. The van der Waals surface area contributed by atoms with Gasteiger partial charge in [0.1, 0.15) is 5.69 Å². The van der Waals surface area contributed by atoms with Gasteiger partial charge in [0.25, 0.3) is 5.91 Å². The van der Waals surface area contributed by atoms with E-state index in [0.717, 1.165) is 17.8 Å². The van der Waals surface area contributed by atoms with Crippen LogP contribution in [0.3, 0.4) is 0 Å². The molecule has 2 atom stereocenters. The zero-order valence-corrected chi connectivity index (χ0v) is 14.4. The number of rotatable bonds is 3. The molecule has 122 valence electrons. The van der Waals surface area contributed by atoms with Crippen LogP contribution >= 0.6 is 11.3 Å². The van der Waals surface area contributed by atoms with E-state index in [1.807, 2.05) is 6.92 Å². The zero-order chi connectivity index (χ0) is 16.5. The average molecular weight is 324 g/mol. The minimum atomic E-state index is -0.837. The van der Waals surface area contributed by atoms with Gasteiger partial charge in [0.2, 0.25) is 0 Å². The second-order valence-corrected chi connectivity index (χ2v) is 8.15. The Kier molecular flexibility index (Phi) is 4.61. The minimum absolute atomic E-state index is 0.0957. The molecule has 2 unspecified atom stereocenters. The molecule has 1 aromatic heterocycles. The molecule has 1 fully saturated rings. The zero-order valence-electron chi connectivity index (χ0n) is 13.6. The molecule has 0 aliphatic heterocycles. The highest BCUT2D eigenvalue weighted by atomic mass is 32.1. The number of hydrogen-bond donors (Lipinski definition) is 2. The van der Waals surface area contributed by atoms with Gasteiger partial charge in [0.15, 0.2) is 0 Å². The van der Waals surface area contributed by atoms with Gasteiger partial charge in [0.05, 0.1) is 16.5 Å². The number of aromatic nitrogens is 1. The maximum absolute atomic E-state index is 12.5. The molecule has 0 saturated heterocycles. The summed E-state index contributed by atoms with van der Waals surface area (Å²) in [4.78, 5) is 28.3. The van der Waals surface area contributed by atoms with E-state index in [4.69, 9.17) is 0 Å². The molecule has 22 heavy (non-hydrogen) atoms. The number of carbonyl (C=O) groups is 2. The second kappa shape index (κ2) is 5.99. The summed E-state index contributed by atoms with van der Waals surface area (Å²) in [5, 5.41) is 15.0. The topological polar surface area (TPSA) is 79.3 Å². The van der Waals surface area contributed by atoms with Crippen LogP contribution in [0.25, 0.3) is 0 Å². The molecule has 0 aromatic carbocycles. The molecule has 1 aliphatic rings. The lowest BCUT2D eigenvalue weighted by Gasteiger charge is -2.39. The van der Waals surface area contributed by atoms with Crippen LogP contribution < -0.4 is 5.32 Å². The monoisotopic (exact) mass is 324 g/mol. The fraction of sp³-hybridized carbons (Fsp3) is 0.688. The third-order valence-electron chi connectivity index (χ3n) is 4.28. The van der Waals surface area contributed by atoms with E-state index in [1.54, 1.807) is 5.38 Å². The molecular formula is C16H24N2O3S.